The first kappa shape index (κ1) is 17.2. The summed E-state index contributed by atoms with van der Waals surface area (Å²) in [6.45, 7) is 5.51. The number of esters is 1. The van der Waals surface area contributed by atoms with E-state index in [1.54, 1.807) is 6.26 Å². The van der Waals surface area contributed by atoms with Gasteiger partial charge in [-0.25, -0.2) is 4.98 Å². The van der Waals surface area contributed by atoms with Crippen molar-refractivity contribution in [3.05, 3.63) is 46.2 Å². The lowest BCUT2D eigenvalue weighted by Gasteiger charge is -2.04. The maximum atomic E-state index is 12.0. The molecule has 0 aliphatic heterocycles. The van der Waals surface area contributed by atoms with E-state index < -0.39 is 11.9 Å². The number of ether oxygens (including phenoxy) is 1. The Kier molecular flexibility index (Phi) is 4.85. The van der Waals surface area contributed by atoms with Gasteiger partial charge in [0.2, 0.25) is 0 Å². The van der Waals surface area contributed by atoms with Crippen molar-refractivity contribution in [1.29, 1.82) is 0 Å². The topological polar surface area (TPSA) is 81.4 Å². The lowest BCUT2D eigenvalue weighted by atomic mass is 10.0. The summed E-state index contributed by atoms with van der Waals surface area (Å²) in [7, 11) is 0. The highest BCUT2D eigenvalue weighted by atomic mass is 32.1. The number of carbonyl (C=O) groups excluding carboxylic acids is 2. The average molecular weight is 358 g/mol. The van der Waals surface area contributed by atoms with Crippen LogP contribution >= 0.6 is 11.3 Å². The Labute approximate surface area is 148 Å². The average Bonchev–Trinajstić information content (AvgIpc) is 3.13. The van der Waals surface area contributed by atoms with Gasteiger partial charge in [0, 0.05) is 16.3 Å². The van der Waals surface area contributed by atoms with Crippen LogP contribution in [-0.2, 0) is 20.7 Å². The fraction of sp³-hybridized carbons (Fsp3) is 0.278. The number of rotatable bonds is 5. The maximum absolute atomic E-state index is 12.0. The van der Waals surface area contributed by atoms with E-state index in [1.807, 2.05) is 38.3 Å². The number of fused-ring (bicyclic) bond motifs is 1. The summed E-state index contributed by atoms with van der Waals surface area (Å²) in [6.07, 6.45) is 1.61. The number of hydrogen-bond acceptors (Lipinski definition) is 6. The first-order valence-electron chi connectivity index (χ1n) is 7.77. The summed E-state index contributed by atoms with van der Waals surface area (Å²) in [4.78, 5) is 27.9. The van der Waals surface area contributed by atoms with Crippen LogP contribution in [0.3, 0.4) is 0 Å². The van der Waals surface area contributed by atoms with Gasteiger partial charge >= 0.3 is 5.97 Å². The summed E-state index contributed by atoms with van der Waals surface area (Å²) in [5.74, 6) is -0.891. The number of aryl methyl sites for hydroxylation is 3. The van der Waals surface area contributed by atoms with Crippen LogP contribution in [-0.4, -0.2) is 23.5 Å². The van der Waals surface area contributed by atoms with Gasteiger partial charge in [0.1, 0.15) is 5.58 Å². The van der Waals surface area contributed by atoms with Crippen molar-refractivity contribution < 1.29 is 18.7 Å². The first-order valence-corrected chi connectivity index (χ1v) is 8.65. The molecule has 2 aromatic heterocycles. The normalized spacial score (nSPS) is 10.8. The quantitative estimate of drug-likeness (QED) is 0.706. The van der Waals surface area contributed by atoms with E-state index >= 15 is 0 Å². The van der Waals surface area contributed by atoms with E-state index in [9.17, 15) is 9.59 Å². The van der Waals surface area contributed by atoms with Gasteiger partial charge in [-0.15, -0.1) is 11.3 Å². The Morgan fingerprint density at radius 2 is 2.00 bits per heavy atom. The van der Waals surface area contributed by atoms with Crippen molar-refractivity contribution in [2.24, 2.45) is 0 Å². The van der Waals surface area contributed by atoms with Gasteiger partial charge in [-0.1, -0.05) is 0 Å². The zero-order valence-corrected chi connectivity index (χ0v) is 15.0. The van der Waals surface area contributed by atoms with E-state index in [1.165, 1.54) is 11.3 Å². The van der Waals surface area contributed by atoms with Gasteiger partial charge in [-0.05, 0) is 44.0 Å². The Morgan fingerprint density at radius 3 is 2.72 bits per heavy atom. The van der Waals surface area contributed by atoms with Crippen molar-refractivity contribution >= 4 is 39.3 Å². The molecule has 3 rings (SSSR count). The molecule has 0 aliphatic carbocycles. The minimum Gasteiger partial charge on any atom is -0.464 e. The van der Waals surface area contributed by atoms with Gasteiger partial charge in [0.05, 0.1) is 18.4 Å². The monoisotopic (exact) mass is 358 g/mol. The molecule has 1 N–H and O–H groups in total. The van der Waals surface area contributed by atoms with E-state index in [-0.39, 0.29) is 13.0 Å². The summed E-state index contributed by atoms with van der Waals surface area (Å²) >= 11 is 1.32. The zero-order valence-electron chi connectivity index (χ0n) is 14.2. The van der Waals surface area contributed by atoms with E-state index in [0.29, 0.717) is 5.13 Å². The molecule has 6 nitrogen and oxygen atoms in total. The van der Waals surface area contributed by atoms with Crippen LogP contribution in [0, 0.1) is 20.8 Å². The van der Waals surface area contributed by atoms with Crippen LogP contribution < -0.4 is 5.32 Å². The fourth-order valence-corrected chi connectivity index (χ4v) is 3.10. The molecule has 25 heavy (non-hydrogen) atoms. The summed E-state index contributed by atoms with van der Waals surface area (Å²) < 4.78 is 10.5. The standard InChI is InChI=1S/C18H18N2O4S/c1-10-4-14-13(7-23-15(14)5-11(10)2)6-17(22)24-8-16(21)20-18-19-12(3)9-25-18/h4-5,7,9H,6,8H2,1-3H3,(H,19,20,21). The minimum atomic E-state index is -0.480. The van der Waals surface area contributed by atoms with Gasteiger partial charge in [0.25, 0.3) is 5.91 Å². The molecule has 0 unspecified atom stereocenters. The number of nitrogens with one attached hydrogen (secondary N) is 1. The molecule has 0 bridgehead atoms. The highest BCUT2D eigenvalue weighted by Crippen LogP contribution is 2.25. The molecule has 0 saturated heterocycles. The summed E-state index contributed by atoms with van der Waals surface area (Å²) in [5, 5.41) is 5.80. The Hall–Kier alpha value is -2.67. The van der Waals surface area contributed by atoms with Gasteiger partial charge < -0.3 is 9.15 Å². The molecular weight excluding hydrogens is 340 g/mol. The largest absolute Gasteiger partial charge is 0.464 e. The SMILES string of the molecule is Cc1csc(NC(=O)COC(=O)Cc2coc3cc(C)c(C)cc23)n1. The summed E-state index contributed by atoms with van der Waals surface area (Å²) in [5.41, 5.74) is 4.57. The number of furan rings is 1. The number of amides is 1. The van der Waals surface area contributed by atoms with Crippen LogP contribution in [0.4, 0.5) is 5.13 Å². The molecule has 130 valence electrons. The molecule has 0 fully saturated rings. The van der Waals surface area contributed by atoms with Crippen molar-refractivity contribution in [3.63, 3.8) is 0 Å². The highest BCUT2D eigenvalue weighted by Gasteiger charge is 2.14. The van der Waals surface area contributed by atoms with Crippen LogP contribution in [0.25, 0.3) is 11.0 Å². The van der Waals surface area contributed by atoms with Crippen LogP contribution in [0.1, 0.15) is 22.4 Å². The molecule has 7 heteroatoms. The second-order valence-corrected chi connectivity index (χ2v) is 6.73. The Morgan fingerprint density at radius 1 is 1.24 bits per heavy atom. The predicted molar refractivity (Wildman–Crippen MR) is 95.8 cm³/mol. The number of nitrogens with zero attached hydrogens (tertiary/aromatic N) is 1. The van der Waals surface area contributed by atoms with Crippen LogP contribution in [0.15, 0.2) is 28.2 Å². The molecule has 0 aliphatic rings. The summed E-state index contributed by atoms with van der Waals surface area (Å²) in [6, 6.07) is 3.94. The van der Waals surface area contributed by atoms with Crippen LogP contribution in [0.5, 0.6) is 0 Å². The number of anilines is 1. The van der Waals surface area contributed by atoms with Gasteiger partial charge in [0.15, 0.2) is 11.7 Å². The lowest BCUT2D eigenvalue weighted by molar-refractivity contribution is -0.146. The van der Waals surface area contributed by atoms with Crippen molar-refractivity contribution in [1.82, 2.24) is 4.98 Å². The van der Waals surface area contributed by atoms with Gasteiger partial charge in [-0.2, -0.15) is 0 Å². The van der Waals surface area contributed by atoms with Gasteiger partial charge in [-0.3, -0.25) is 14.9 Å². The first-order chi connectivity index (χ1) is 11.9. The molecule has 2 heterocycles. The number of thiazole rings is 1. The predicted octanol–water partition coefficient (Wildman–Crippen LogP) is 3.54. The third kappa shape index (κ3) is 4.06. The number of benzene rings is 1. The number of hydrogen-bond donors (Lipinski definition) is 1. The lowest BCUT2D eigenvalue weighted by Crippen LogP contribution is -2.21. The van der Waals surface area contributed by atoms with E-state index in [0.717, 1.165) is 33.4 Å². The zero-order chi connectivity index (χ0) is 18.0. The molecule has 0 atom stereocenters. The minimum absolute atomic E-state index is 0.0547. The molecule has 0 spiro atoms. The third-order valence-corrected chi connectivity index (χ3v) is 4.71. The Bertz CT molecular complexity index is 942. The maximum Gasteiger partial charge on any atom is 0.310 e. The molecule has 1 aromatic carbocycles. The second kappa shape index (κ2) is 7.06. The fourth-order valence-electron chi connectivity index (χ4n) is 2.39. The number of aromatic nitrogens is 1. The molecule has 0 saturated carbocycles. The smallest absolute Gasteiger partial charge is 0.310 e. The van der Waals surface area contributed by atoms with Crippen LogP contribution in [0.2, 0.25) is 0 Å². The molecule has 0 radical (unpaired) electrons. The highest BCUT2D eigenvalue weighted by molar-refractivity contribution is 7.13. The number of carbonyl (C=O) groups is 2. The molecule has 3 aromatic rings. The molecular formula is C18H18N2O4S. The second-order valence-electron chi connectivity index (χ2n) is 5.87. The third-order valence-electron chi connectivity index (χ3n) is 3.83. The van der Waals surface area contributed by atoms with E-state index in [4.69, 9.17) is 9.15 Å². The molecule has 1 amide bonds. The van der Waals surface area contributed by atoms with E-state index in [2.05, 4.69) is 10.3 Å². The Balaban J connectivity index is 1.57. The van der Waals surface area contributed by atoms with Crippen molar-refractivity contribution in [2.75, 3.05) is 11.9 Å². The van der Waals surface area contributed by atoms with Crippen molar-refractivity contribution in [3.8, 4) is 0 Å². The van der Waals surface area contributed by atoms with Crippen molar-refractivity contribution in [2.45, 2.75) is 27.2 Å².